The summed E-state index contributed by atoms with van der Waals surface area (Å²) in [4.78, 5) is 12.0. The summed E-state index contributed by atoms with van der Waals surface area (Å²) in [6, 6.07) is 8.83. The molecule has 2 aromatic carbocycles. The number of nitrogens with one attached hydrogen (secondary N) is 1. The predicted octanol–water partition coefficient (Wildman–Crippen LogP) is 4.19. The summed E-state index contributed by atoms with van der Waals surface area (Å²) in [5.41, 5.74) is 7.02. The topological polar surface area (TPSA) is 55.1 Å². The van der Waals surface area contributed by atoms with E-state index in [1.54, 1.807) is 12.1 Å². The third-order valence-electron chi connectivity index (χ3n) is 2.39. The molecule has 3 nitrogen and oxygen atoms in total. The molecule has 0 spiro atoms. The van der Waals surface area contributed by atoms with E-state index in [-0.39, 0.29) is 5.56 Å². The van der Waals surface area contributed by atoms with Crippen molar-refractivity contribution in [1.29, 1.82) is 0 Å². The van der Waals surface area contributed by atoms with Crippen molar-refractivity contribution in [3.8, 4) is 0 Å². The number of nitrogens with two attached hydrogens (primary N) is 1. The number of rotatable bonds is 2. The van der Waals surface area contributed by atoms with Gasteiger partial charge in [0, 0.05) is 20.2 Å². The lowest BCUT2D eigenvalue weighted by Gasteiger charge is -2.10. The van der Waals surface area contributed by atoms with Crippen molar-refractivity contribution in [3.63, 3.8) is 0 Å². The molecule has 2 rings (SSSR count). The fraction of sp³-hybridized carbons (Fsp3) is 0. The highest BCUT2D eigenvalue weighted by atomic mass is 79.9. The van der Waals surface area contributed by atoms with E-state index in [0.717, 1.165) is 0 Å². The van der Waals surface area contributed by atoms with Crippen molar-refractivity contribution in [2.24, 2.45) is 0 Å². The fourth-order valence-corrected chi connectivity index (χ4v) is 2.95. The second-order valence-electron chi connectivity index (χ2n) is 3.82. The van der Waals surface area contributed by atoms with Gasteiger partial charge in [-0.15, -0.1) is 0 Å². The summed E-state index contributed by atoms with van der Waals surface area (Å²) in [6.07, 6.45) is 0. The van der Waals surface area contributed by atoms with Crippen LogP contribution < -0.4 is 11.1 Å². The number of hydrogen-bond donors (Lipinski definition) is 2. The van der Waals surface area contributed by atoms with Crippen molar-refractivity contribution in [2.45, 2.75) is 0 Å². The summed E-state index contributed by atoms with van der Waals surface area (Å²) in [5, 5.41) is 2.69. The van der Waals surface area contributed by atoms with E-state index in [1.807, 2.05) is 0 Å². The maximum absolute atomic E-state index is 13.1. The van der Waals surface area contributed by atoms with Gasteiger partial charge in [-0.3, -0.25) is 4.79 Å². The van der Waals surface area contributed by atoms with Crippen molar-refractivity contribution < 1.29 is 9.18 Å². The maximum atomic E-state index is 13.1. The first-order valence-corrected chi connectivity index (χ1v) is 6.87. The number of hydrogen-bond acceptors (Lipinski definition) is 2. The zero-order valence-electron chi connectivity index (χ0n) is 9.58. The van der Waals surface area contributed by atoms with Crippen molar-refractivity contribution in [1.82, 2.24) is 0 Å². The average Bonchev–Trinajstić information content (AvgIpc) is 2.33. The minimum Gasteiger partial charge on any atom is -0.399 e. The van der Waals surface area contributed by atoms with E-state index in [1.165, 1.54) is 24.3 Å². The molecule has 3 N–H and O–H groups in total. The minimum atomic E-state index is -0.455. The molecule has 0 bridgehead atoms. The number of anilines is 2. The van der Waals surface area contributed by atoms with Crippen molar-refractivity contribution >= 4 is 49.1 Å². The van der Waals surface area contributed by atoms with E-state index >= 15 is 0 Å². The Balaban J connectivity index is 2.29. The van der Waals surface area contributed by atoms with Crippen LogP contribution in [0.5, 0.6) is 0 Å². The van der Waals surface area contributed by atoms with E-state index in [0.29, 0.717) is 20.3 Å². The van der Waals surface area contributed by atoms with Crippen LogP contribution in [0.2, 0.25) is 0 Å². The third-order valence-corrected chi connectivity index (χ3v) is 3.64. The Morgan fingerprint density at radius 3 is 2.37 bits per heavy atom. The van der Waals surface area contributed by atoms with Gasteiger partial charge in [-0.25, -0.2) is 4.39 Å². The van der Waals surface area contributed by atoms with Crippen molar-refractivity contribution in [2.75, 3.05) is 11.1 Å². The lowest BCUT2D eigenvalue weighted by atomic mass is 10.2. The molecule has 19 heavy (non-hydrogen) atoms. The molecule has 0 aliphatic carbocycles. The Kier molecular flexibility index (Phi) is 4.21. The molecule has 98 valence electrons. The highest BCUT2D eigenvalue weighted by Gasteiger charge is 2.12. The van der Waals surface area contributed by atoms with E-state index in [4.69, 9.17) is 5.73 Å². The molecule has 0 aliphatic rings. The lowest BCUT2D eigenvalue weighted by molar-refractivity contribution is 0.102. The van der Waals surface area contributed by atoms with Crippen LogP contribution in [-0.2, 0) is 0 Å². The summed E-state index contributed by atoms with van der Waals surface area (Å²) < 4.78 is 14.3. The Bertz CT molecular complexity index is 623. The van der Waals surface area contributed by atoms with Crippen LogP contribution in [0.4, 0.5) is 15.8 Å². The van der Waals surface area contributed by atoms with Crippen molar-refractivity contribution in [3.05, 3.63) is 56.7 Å². The van der Waals surface area contributed by atoms with Crippen LogP contribution in [0, 0.1) is 5.82 Å². The van der Waals surface area contributed by atoms with Gasteiger partial charge in [0.15, 0.2) is 0 Å². The van der Waals surface area contributed by atoms with Gasteiger partial charge in [0.1, 0.15) is 5.82 Å². The van der Waals surface area contributed by atoms with Crippen LogP contribution in [-0.4, -0.2) is 5.91 Å². The number of carbonyl (C=O) groups is 1. The van der Waals surface area contributed by atoms with E-state index < -0.39 is 11.7 Å². The molecule has 0 radical (unpaired) electrons. The van der Waals surface area contributed by atoms with Gasteiger partial charge in [0.05, 0.1) is 5.69 Å². The monoisotopic (exact) mass is 386 g/mol. The number of carbonyl (C=O) groups excluding carboxylic acids is 1. The normalized spacial score (nSPS) is 10.3. The second-order valence-corrected chi connectivity index (χ2v) is 5.53. The summed E-state index contributed by atoms with van der Waals surface area (Å²) in [7, 11) is 0. The minimum absolute atomic E-state index is 0.246. The molecular formula is C13H9Br2FN2O. The molecule has 0 aliphatic heterocycles. The van der Waals surface area contributed by atoms with Gasteiger partial charge in [-0.05, 0) is 62.2 Å². The van der Waals surface area contributed by atoms with Crippen LogP contribution in [0.3, 0.4) is 0 Å². The zero-order chi connectivity index (χ0) is 14.0. The molecule has 0 heterocycles. The van der Waals surface area contributed by atoms with Gasteiger partial charge < -0.3 is 11.1 Å². The maximum Gasteiger partial charge on any atom is 0.255 e. The number of amides is 1. The Labute approximate surface area is 126 Å². The molecular weight excluding hydrogens is 379 g/mol. The molecule has 0 aromatic heterocycles. The van der Waals surface area contributed by atoms with Gasteiger partial charge in [0.25, 0.3) is 5.91 Å². The fourth-order valence-electron chi connectivity index (χ4n) is 1.53. The number of benzene rings is 2. The average molecular weight is 388 g/mol. The molecule has 0 fully saturated rings. The highest BCUT2D eigenvalue weighted by Crippen LogP contribution is 2.33. The smallest absolute Gasteiger partial charge is 0.255 e. The number of halogens is 3. The van der Waals surface area contributed by atoms with Crippen LogP contribution in [0.1, 0.15) is 10.4 Å². The Hall–Kier alpha value is -1.40. The Morgan fingerprint density at radius 2 is 1.79 bits per heavy atom. The van der Waals surface area contributed by atoms with Gasteiger partial charge in [-0.1, -0.05) is 6.07 Å². The van der Waals surface area contributed by atoms with E-state index in [9.17, 15) is 9.18 Å². The molecule has 0 saturated heterocycles. The first kappa shape index (κ1) is 14.0. The molecule has 6 heteroatoms. The van der Waals surface area contributed by atoms with Gasteiger partial charge >= 0.3 is 0 Å². The van der Waals surface area contributed by atoms with E-state index in [2.05, 4.69) is 37.2 Å². The quantitative estimate of drug-likeness (QED) is 0.759. The van der Waals surface area contributed by atoms with Crippen LogP contribution >= 0.6 is 31.9 Å². The SMILES string of the molecule is Nc1cc(Br)c(NC(=O)c2cccc(F)c2)c(Br)c1. The third kappa shape index (κ3) is 3.33. The predicted molar refractivity (Wildman–Crippen MR) is 80.6 cm³/mol. The highest BCUT2D eigenvalue weighted by molar-refractivity contribution is 9.11. The summed E-state index contributed by atoms with van der Waals surface area (Å²) in [6.45, 7) is 0. The Morgan fingerprint density at radius 1 is 1.16 bits per heavy atom. The molecule has 0 atom stereocenters. The first-order chi connectivity index (χ1) is 8.97. The molecule has 0 unspecified atom stereocenters. The standard InChI is InChI=1S/C13H9Br2FN2O/c14-10-5-9(17)6-11(15)12(10)18-13(19)7-2-1-3-8(16)4-7/h1-6H,17H2,(H,18,19). The number of nitrogen functional groups attached to an aromatic ring is 1. The zero-order valence-corrected chi connectivity index (χ0v) is 12.8. The van der Waals surface area contributed by atoms with Crippen LogP contribution in [0.25, 0.3) is 0 Å². The largest absolute Gasteiger partial charge is 0.399 e. The molecule has 2 aromatic rings. The molecule has 1 amide bonds. The summed E-state index contributed by atoms with van der Waals surface area (Å²) in [5.74, 6) is -0.853. The van der Waals surface area contributed by atoms with Crippen LogP contribution in [0.15, 0.2) is 45.3 Å². The van der Waals surface area contributed by atoms with Gasteiger partial charge in [-0.2, -0.15) is 0 Å². The second kappa shape index (κ2) is 5.71. The first-order valence-electron chi connectivity index (χ1n) is 5.29. The van der Waals surface area contributed by atoms with Gasteiger partial charge in [0.2, 0.25) is 0 Å². The lowest BCUT2D eigenvalue weighted by Crippen LogP contribution is -2.13. The summed E-state index contributed by atoms with van der Waals surface area (Å²) >= 11 is 6.63. The molecule has 0 saturated carbocycles.